The van der Waals surface area contributed by atoms with Crippen LogP contribution in [0.4, 0.5) is 0 Å². The van der Waals surface area contributed by atoms with E-state index in [0.717, 1.165) is 17.7 Å². The SMILES string of the molecule is NC(CO)C1CCOc2c(Cl)cccc21. The standard InChI is InChI=1S/C11H14ClNO2/c12-9-3-1-2-8-7(10(13)6-14)4-5-15-11(8)9/h1-3,7,10,14H,4-6,13H2. The lowest BCUT2D eigenvalue weighted by atomic mass is 9.87. The van der Waals surface area contributed by atoms with Gasteiger partial charge in [0.15, 0.2) is 0 Å². The topological polar surface area (TPSA) is 55.5 Å². The van der Waals surface area contributed by atoms with Gasteiger partial charge in [0.25, 0.3) is 0 Å². The molecule has 3 nitrogen and oxygen atoms in total. The summed E-state index contributed by atoms with van der Waals surface area (Å²) in [6.07, 6.45) is 0.828. The Morgan fingerprint density at radius 3 is 3.13 bits per heavy atom. The first-order chi connectivity index (χ1) is 7.24. The van der Waals surface area contributed by atoms with Gasteiger partial charge in [-0.05, 0) is 12.5 Å². The van der Waals surface area contributed by atoms with Gasteiger partial charge >= 0.3 is 0 Å². The molecule has 4 heteroatoms. The molecule has 2 rings (SSSR count). The number of halogens is 1. The molecule has 1 aliphatic heterocycles. The third-order valence-corrected chi connectivity index (χ3v) is 3.10. The summed E-state index contributed by atoms with van der Waals surface area (Å²) in [6.45, 7) is 0.589. The van der Waals surface area contributed by atoms with Gasteiger partial charge in [0.2, 0.25) is 0 Å². The predicted molar refractivity (Wildman–Crippen MR) is 59.4 cm³/mol. The molecule has 1 aliphatic rings. The maximum atomic E-state index is 9.08. The van der Waals surface area contributed by atoms with Gasteiger partial charge in [0.1, 0.15) is 5.75 Å². The molecule has 1 aromatic carbocycles. The summed E-state index contributed by atoms with van der Waals surface area (Å²) < 4.78 is 5.51. The minimum Gasteiger partial charge on any atom is -0.492 e. The summed E-state index contributed by atoms with van der Waals surface area (Å²) in [5.41, 5.74) is 6.87. The zero-order valence-corrected chi connectivity index (χ0v) is 9.07. The molecule has 2 atom stereocenters. The average Bonchev–Trinajstić information content (AvgIpc) is 2.28. The van der Waals surface area contributed by atoms with Crippen molar-refractivity contribution >= 4 is 11.6 Å². The molecule has 0 spiro atoms. The van der Waals surface area contributed by atoms with E-state index in [9.17, 15) is 0 Å². The second-order valence-corrected chi connectivity index (χ2v) is 4.16. The molecule has 0 fully saturated rings. The van der Waals surface area contributed by atoms with Crippen LogP contribution in [0.1, 0.15) is 17.9 Å². The molecule has 0 bridgehead atoms. The van der Waals surface area contributed by atoms with Crippen molar-refractivity contribution < 1.29 is 9.84 Å². The van der Waals surface area contributed by atoms with Crippen molar-refractivity contribution in [1.82, 2.24) is 0 Å². The first-order valence-corrected chi connectivity index (χ1v) is 5.39. The third-order valence-electron chi connectivity index (χ3n) is 2.80. The van der Waals surface area contributed by atoms with Gasteiger partial charge in [-0.2, -0.15) is 0 Å². The second kappa shape index (κ2) is 4.39. The van der Waals surface area contributed by atoms with E-state index in [1.165, 1.54) is 0 Å². The molecule has 0 saturated carbocycles. The molecule has 0 radical (unpaired) electrons. The lowest BCUT2D eigenvalue weighted by molar-refractivity contribution is 0.209. The molecular weight excluding hydrogens is 214 g/mol. The van der Waals surface area contributed by atoms with Crippen molar-refractivity contribution in [2.75, 3.05) is 13.2 Å². The first kappa shape index (κ1) is 10.7. The Hall–Kier alpha value is -0.770. The van der Waals surface area contributed by atoms with Crippen LogP contribution in [0.15, 0.2) is 18.2 Å². The maximum Gasteiger partial charge on any atom is 0.141 e. The lowest BCUT2D eigenvalue weighted by Gasteiger charge is -2.29. The molecule has 3 N–H and O–H groups in total. The van der Waals surface area contributed by atoms with Crippen LogP contribution in [-0.4, -0.2) is 24.4 Å². The number of aliphatic hydroxyl groups is 1. The Labute approximate surface area is 93.8 Å². The summed E-state index contributed by atoms with van der Waals surface area (Å²) in [5.74, 6) is 0.858. The number of para-hydroxylation sites is 1. The highest BCUT2D eigenvalue weighted by atomic mass is 35.5. The van der Waals surface area contributed by atoms with Crippen LogP contribution >= 0.6 is 11.6 Å². The number of benzene rings is 1. The summed E-state index contributed by atoms with van der Waals surface area (Å²) in [6, 6.07) is 5.40. The molecule has 82 valence electrons. The minimum atomic E-state index is -0.244. The molecular formula is C11H14ClNO2. The smallest absolute Gasteiger partial charge is 0.141 e. The van der Waals surface area contributed by atoms with E-state index in [1.54, 1.807) is 6.07 Å². The van der Waals surface area contributed by atoms with Gasteiger partial charge in [-0.1, -0.05) is 23.7 Å². The average molecular weight is 228 g/mol. The van der Waals surface area contributed by atoms with E-state index in [4.69, 9.17) is 27.2 Å². The van der Waals surface area contributed by atoms with E-state index < -0.39 is 0 Å². The highest BCUT2D eigenvalue weighted by Gasteiger charge is 2.27. The minimum absolute atomic E-state index is 0.0172. The van der Waals surface area contributed by atoms with E-state index in [1.807, 2.05) is 12.1 Å². The molecule has 15 heavy (non-hydrogen) atoms. The summed E-state index contributed by atoms with van der Waals surface area (Å²) >= 11 is 6.03. The van der Waals surface area contributed by atoms with Crippen LogP contribution in [0.3, 0.4) is 0 Å². The Morgan fingerprint density at radius 1 is 1.60 bits per heavy atom. The highest BCUT2D eigenvalue weighted by molar-refractivity contribution is 6.32. The Kier molecular flexibility index (Phi) is 3.14. The van der Waals surface area contributed by atoms with Gasteiger partial charge in [0.05, 0.1) is 18.2 Å². The largest absolute Gasteiger partial charge is 0.492 e. The molecule has 2 unspecified atom stereocenters. The van der Waals surface area contributed by atoms with Gasteiger partial charge in [-0.25, -0.2) is 0 Å². The highest BCUT2D eigenvalue weighted by Crippen LogP contribution is 2.39. The monoisotopic (exact) mass is 227 g/mol. The van der Waals surface area contributed by atoms with Crippen LogP contribution < -0.4 is 10.5 Å². The van der Waals surface area contributed by atoms with Crippen molar-refractivity contribution in [3.63, 3.8) is 0 Å². The zero-order chi connectivity index (χ0) is 10.8. The van der Waals surface area contributed by atoms with Gasteiger partial charge in [0, 0.05) is 17.5 Å². The number of aliphatic hydroxyl groups excluding tert-OH is 1. The molecule has 0 aliphatic carbocycles. The van der Waals surface area contributed by atoms with E-state index in [-0.39, 0.29) is 18.6 Å². The molecule has 0 saturated heterocycles. The van der Waals surface area contributed by atoms with Crippen molar-refractivity contribution in [2.45, 2.75) is 18.4 Å². The molecule has 0 aromatic heterocycles. The summed E-state index contributed by atoms with van der Waals surface area (Å²) in [4.78, 5) is 0. The zero-order valence-electron chi connectivity index (χ0n) is 8.32. The Bertz CT molecular complexity index is 356. The number of hydrogen-bond acceptors (Lipinski definition) is 3. The second-order valence-electron chi connectivity index (χ2n) is 3.75. The van der Waals surface area contributed by atoms with Crippen molar-refractivity contribution in [3.05, 3.63) is 28.8 Å². The quantitative estimate of drug-likeness (QED) is 0.806. The van der Waals surface area contributed by atoms with Gasteiger partial charge < -0.3 is 15.6 Å². The van der Waals surface area contributed by atoms with Crippen LogP contribution in [-0.2, 0) is 0 Å². The number of hydrogen-bond donors (Lipinski definition) is 2. The number of rotatable bonds is 2. The summed E-state index contributed by atoms with van der Waals surface area (Å²) in [7, 11) is 0. The lowest BCUT2D eigenvalue weighted by Crippen LogP contribution is -2.35. The van der Waals surface area contributed by atoms with Gasteiger partial charge in [-0.3, -0.25) is 0 Å². The number of nitrogens with two attached hydrogens (primary N) is 1. The van der Waals surface area contributed by atoms with Crippen LogP contribution in [0.25, 0.3) is 0 Å². The molecule has 1 aromatic rings. The normalized spacial score (nSPS) is 21.7. The fraction of sp³-hybridized carbons (Fsp3) is 0.455. The number of fused-ring (bicyclic) bond motifs is 1. The summed E-state index contributed by atoms with van der Waals surface area (Å²) in [5, 5.41) is 9.70. The van der Waals surface area contributed by atoms with Crippen molar-refractivity contribution in [2.24, 2.45) is 5.73 Å². The molecule has 1 heterocycles. The Morgan fingerprint density at radius 2 is 2.40 bits per heavy atom. The van der Waals surface area contributed by atoms with E-state index in [2.05, 4.69) is 0 Å². The van der Waals surface area contributed by atoms with Gasteiger partial charge in [-0.15, -0.1) is 0 Å². The van der Waals surface area contributed by atoms with Crippen molar-refractivity contribution in [1.29, 1.82) is 0 Å². The fourth-order valence-electron chi connectivity index (χ4n) is 1.99. The predicted octanol–water partition coefficient (Wildman–Crippen LogP) is 1.53. The Balaban J connectivity index is 2.38. The fourth-order valence-corrected chi connectivity index (χ4v) is 2.22. The maximum absolute atomic E-state index is 9.08. The first-order valence-electron chi connectivity index (χ1n) is 5.01. The number of ether oxygens (including phenoxy) is 1. The van der Waals surface area contributed by atoms with Crippen LogP contribution in [0, 0.1) is 0 Å². The van der Waals surface area contributed by atoms with Crippen LogP contribution in [0.5, 0.6) is 5.75 Å². The third kappa shape index (κ3) is 1.95. The van der Waals surface area contributed by atoms with E-state index >= 15 is 0 Å². The van der Waals surface area contributed by atoms with Crippen LogP contribution in [0.2, 0.25) is 5.02 Å². The van der Waals surface area contributed by atoms with Crippen molar-refractivity contribution in [3.8, 4) is 5.75 Å². The van der Waals surface area contributed by atoms with E-state index in [0.29, 0.717) is 11.6 Å². The molecule has 0 amide bonds.